The molecule has 0 fully saturated rings. The molecule has 3 rings (SSSR count). The fourth-order valence-corrected chi connectivity index (χ4v) is 4.82. The van der Waals surface area contributed by atoms with Crippen molar-refractivity contribution in [3.63, 3.8) is 0 Å². The SMILES string of the molecule is Cc1c(Cc2ccccc2)sc(NC(=O)CCCOc2ccc(Cl)cc2Cl)c1C(N)=O. The summed E-state index contributed by atoms with van der Waals surface area (Å²) in [5.74, 6) is -0.244. The lowest BCUT2D eigenvalue weighted by Crippen LogP contribution is -2.17. The van der Waals surface area contributed by atoms with E-state index in [2.05, 4.69) is 5.32 Å². The molecule has 0 aliphatic carbocycles. The molecule has 162 valence electrons. The van der Waals surface area contributed by atoms with Crippen LogP contribution >= 0.6 is 34.5 Å². The average molecular weight is 477 g/mol. The van der Waals surface area contributed by atoms with Crippen LogP contribution in [0.2, 0.25) is 10.0 Å². The molecule has 0 unspecified atom stereocenters. The van der Waals surface area contributed by atoms with E-state index >= 15 is 0 Å². The molecule has 0 spiro atoms. The number of primary amides is 1. The predicted octanol–water partition coefficient (Wildman–Crippen LogP) is 5.85. The topological polar surface area (TPSA) is 81.4 Å². The number of nitrogens with one attached hydrogen (secondary N) is 1. The number of nitrogens with two attached hydrogens (primary N) is 1. The molecule has 8 heteroatoms. The Morgan fingerprint density at radius 2 is 1.87 bits per heavy atom. The standard InChI is InChI=1S/C23H22Cl2N2O3S/c1-14-19(12-15-6-3-2-4-7-15)31-23(21(14)22(26)29)27-20(28)8-5-11-30-18-10-9-16(24)13-17(18)25/h2-4,6-7,9-10,13H,5,8,11-12H2,1H3,(H2,26,29)(H,27,28). The minimum atomic E-state index is -0.552. The summed E-state index contributed by atoms with van der Waals surface area (Å²) in [6, 6.07) is 14.9. The maximum absolute atomic E-state index is 12.4. The lowest BCUT2D eigenvalue weighted by molar-refractivity contribution is -0.116. The number of halogens is 2. The van der Waals surface area contributed by atoms with Crippen LogP contribution in [0.25, 0.3) is 0 Å². The lowest BCUT2D eigenvalue weighted by Gasteiger charge is -2.08. The van der Waals surface area contributed by atoms with Gasteiger partial charge in [0.05, 0.1) is 17.2 Å². The molecule has 1 heterocycles. The van der Waals surface area contributed by atoms with Crippen molar-refractivity contribution in [2.75, 3.05) is 11.9 Å². The molecule has 1 aromatic heterocycles. The molecule has 0 saturated heterocycles. The van der Waals surface area contributed by atoms with Crippen LogP contribution in [0.4, 0.5) is 5.00 Å². The van der Waals surface area contributed by atoms with Crippen molar-refractivity contribution in [2.45, 2.75) is 26.2 Å². The molecular weight excluding hydrogens is 455 g/mol. The van der Waals surface area contributed by atoms with E-state index in [0.29, 0.717) is 45.8 Å². The quantitative estimate of drug-likeness (QED) is 0.380. The first-order chi connectivity index (χ1) is 14.8. The summed E-state index contributed by atoms with van der Waals surface area (Å²) < 4.78 is 5.60. The van der Waals surface area contributed by atoms with Crippen LogP contribution in [0.15, 0.2) is 48.5 Å². The van der Waals surface area contributed by atoms with E-state index in [-0.39, 0.29) is 12.3 Å². The molecule has 2 amide bonds. The Bertz CT molecular complexity index is 1080. The number of hydrogen-bond donors (Lipinski definition) is 2. The van der Waals surface area contributed by atoms with Crippen LogP contribution in [0.5, 0.6) is 5.75 Å². The van der Waals surface area contributed by atoms with Gasteiger partial charge in [-0.1, -0.05) is 53.5 Å². The van der Waals surface area contributed by atoms with Gasteiger partial charge in [0.2, 0.25) is 5.91 Å². The van der Waals surface area contributed by atoms with E-state index in [9.17, 15) is 9.59 Å². The van der Waals surface area contributed by atoms with Gasteiger partial charge in [-0.05, 0) is 42.7 Å². The molecule has 3 aromatic rings. The van der Waals surface area contributed by atoms with Crippen molar-refractivity contribution in [3.8, 4) is 5.75 Å². The number of carbonyl (C=O) groups excluding carboxylic acids is 2. The van der Waals surface area contributed by atoms with Gasteiger partial charge in [0, 0.05) is 22.7 Å². The lowest BCUT2D eigenvalue weighted by atomic mass is 10.1. The van der Waals surface area contributed by atoms with Crippen molar-refractivity contribution in [1.29, 1.82) is 0 Å². The van der Waals surface area contributed by atoms with E-state index in [1.165, 1.54) is 11.3 Å². The smallest absolute Gasteiger partial charge is 0.251 e. The zero-order valence-corrected chi connectivity index (χ0v) is 19.2. The average Bonchev–Trinajstić information content (AvgIpc) is 3.02. The Hall–Kier alpha value is -2.54. The zero-order valence-electron chi connectivity index (χ0n) is 16.9. The van der Waals surface area contributed by atoms with E-state index < -0.39 is 5.91 Å². The maximum atomic E-state index is 12.4. The first kappa shape index (κ1) is 23.1. The highest BCUT2D eigenvalue weighted by atomic mass is 35.5. The number of anilines is 1. The fraction of sp³-hybridized carbons (Fsp3) is 0.217. The number of hydrogen-bond acceptors (Lipinski definition) is 4. The second-order valence-corrected chi connectivity index (χ2v) is 8.90. The number of carbonyl (C=O) groups is 2. The highest BCUT2D eigenvalue weighted by molar-refractivity contribution is 7.17. The maximum Gasteiger partial charge on any atom is 0.251 e. The normalized spacial score (nSPS) is 10.7. The predicted molar refractivity (Wildman–Crippen MR) is 127 cm³/mol. The molecule has 0 atom stereocenters. The third-order valence-electron chi connectivity index (χ3n) is 4.65. The van der Waals surface area contributed by atoms with Crippen molar-refractivity contribution < 1.29 is 14.3 Å². The van der Waals surface area contributed by atoms with Crippen LogP contribution in [0.1, 0.15) is 39.2 Å². The Morgan fingerprint density at radius 3 is 2.55 bits per heavy atom. The molecular formula is C23H22Cl2N2O3S. The fourth-order valence-electron chi connectivity index (χ4n) is 3.09. The van der Waals surface area contributed by atoms with Gasteiger partial charge in [-0.25, -0.2) is 0 Å². The number of thiophene rings is 1. The summed E-state index contributed by atoms with van der Waals surface area (Å²) in [5, 5.41) is 4.27. The molecule has 0 aliphatic heterocycles. The minimum Gasteiger partial charge on any atom is -0.492 e. The Morgan fingerprint density at radius 1 is 1.13 bits per heavy atom. The molecule has 0 saturated carbocycles. The minimum absolute atomic E-state index is 0.208. The molecule has 2 aromatic carbocycles. The molecule has 0 radical (unpaired) electrons. The Kier molecular flexibility index (Phi) is 7.96. The highest BCUT2D eigenvalue weighted by Crippen LogP contribution is 2.34. The molecule has 5 nitrogen and oxygen atoms in total. The molecule has 0 aliphatic rings. The van der Waals surface area contributed by atoms with Crippen LogP contribution in [0.3, 0.4) is 0 Å². The van der Waals surface area contributed by atoms with E-state index in [1.54, 1.807) is 18.2 Å². The van der Waals surface area contributed by atoms with Gasteiger partial charge in [0.1, 0.15) is 10.8 Å². The summed E-state index contributed by atoms with van der Waals surface area (Å²) in [6.45, 7) is 2.17. The second-order valence-electron chi connectivity index (χ2n) is 6.96. The Labute approximate surface area is 195 Å². The van der Waals surface area contributed by atoms with E-state index in [0.717, 1.165) is 16.0 Å². The number of ether oxygens (including phenoxy) is 1. The Balaban J connectivity index is 1.59. The third kappa shape index (κ3) is 6.23. The summed E-state index contributed by atoms with van der Waals surface area (Å²) in [7, 11) is 0. The van der Waals surface area contributed by atoms with Gasteiger partial charge in [0.25, 0.3) is 5.91 Å². The van der Waals surface area contributed by atoms with Gasteiger partial charge >= 0.3 is 0 Å². The van der Waals surface area contributed by atoms with Crippen molar-refractivity contribution in [3.05, 3.63) is 80.1 Å². The van der Waals surface area contributed by atoms with Crippen LogP contribution in [-0.2, 0) is 11.2 Å². The number of amides is 2. The molecule has 3 N–H and O–H groups in total. The third-order valence-corrected chi connectivity index (χ3v) is 6.39. The number of benzene rings is 2. The summed E-state index contributed by atoms with van der Waals surface area (Å²) in [4.78, 5) is 25.4. The molecule has 0 bridgehead atoms. The van der Waals surface area contributed by atoms with Crippen molar-refractivity contribution >= 4 is 51.4 Å². The largest absolute Gasteiger partial charge is 0.492 e. The monoisotopic (exact) mass is 476 g/mol. The van der Waals surface area contributed by atoms with Crippen molar-refractivity contribution in [1.82, 2.24) is 0 Å². The van der Waals surface area contributed by atoms with Gasteiger partial charge < -0.3 is 15.8 Å². The van der Waals surface area contributed by atoms with Gasteiger partial charge in [-0.2, -0.15) is 0 Å². The zero-order chi connectivity index (χ0) is 22.4. The van der Waals surface area contributed by atoms with Crippen LogP contribution in [-0.4, -0.2) is 18.4 Å². The highest BCUT2D eigenvalue weighted by Gasteiger charge is 2.21. The van der Waals surface area contributed by atoms with E-state index in [4.69, 9.17) is 33.7 Å². The van der Waals surface area contributed by atoms with E-state index in [1.807, 2.05) is 37.3 Å². The van der Waals surface area contributed by atoms with Gasteiger partial charge in [0.15, 0.2) is 0 Å². The second kappa shape index (κ2) is 10.7. The van der Waals surface area contributed by atoms with Crippen LogP contribution in [0, 0.1) is 6.92 Å². The summed E-state index contributed by atoms with van der Waals surface area (Å²) >= 11 is 13.3. The molecule has 31 heavy (non-hydrogen) atoms. The first-order valence-corrected chi connectivity index (χ1v) is 11.3. The number of rotatable bonds is 9. The first-order valence-electron chi connectivity index (χ1n) is 9.69. The summed E-state index contributed by atoms with van der Waals surface area (Å²) in [6.07, 6.45) is 1.38. The summed E-state index contributed by atoms with van der Waals surface area (Å²) in [5.41, 5.74) is 7.88. The van der Waals surface area contributed by atoms with Crippen LogP contribution < -0.4 is 15.8 Å². The van der Waals surface area contributed by atoms with Gasteiger partial charge in [-0.15, -0.1) is 11.3 Å². The van der Waals surface area contributed by atoms with Gasteiger partial charge in [-0.3, -0.25) is 9.59 Å². The van der Waals surface area contributed by atoms with Crippen molar-refractivity contribution in [2.24, 2.45) is 5.73 Å².